The Morgan fingerprint density at radius 2 is 2.00 bits per heavy atom. The highest BCUT2D eigenvalue weighted by Crippen LogP contribution is 2.10. The molecule has 1 unspecified atom stereocenters. The van der Waals surface area contributed by atoms with Crippen LogP contribution in [0.5, 0.6) is 0 Å². The molecular weight excluding hydrogens is 230 g/mol. The maximum atomic E-state index is 11.6. The fourth-order valence-electron chi connectivity index (χ4n) is 1.62. The molecule has 4 nitrogen and oxygen atoms in total. The third-order valence-corrected chi connectivity index (χ3v) is 2.89. The van der Waals surface area contributed by atoms with E-state index < -0.39 is 11.9 Å². The lowest BCUT2D eigenvalue weighted by Gasteiger charge is -2.10. The van der Waals surface area contributed by atoms with Crippen molar-refractivity contribution in [2.75, 3.05) is 0 Å². The van der Waals surface area contributed by atoms with E-state index in [1.54, 1.807) is 0 Å². The number of carboxylic acid groups (broad SMARTS) is 1. The van der Waals surface area contributed by atoms with Gasteiger partial charge in [0.25, 0.3) is 0 Å². The SMILES string of the molecule is Cc1ccc(C)c(CNC(=O)CC(C)C(=O)O)c1. The Morgan fingerprint density at radius 3 is 2.61 bits per heavy atom. The van der Waals surface area contributed by atoms with E-state index in [-0.39, 0.29) is 12.3 Å². The molecule has 0 saturated heterocycles. The van der Waals surface area contributed by atoms with Crippen LogP contribution in [-0.4, -0.2) is 17.0 Å². The molecule has 0 aliphatic heterocycles. The fraction of sp³-hybridized carbons (Fsp3) is 0.429. The lowest BCUT2D eigenvalue weighted by molar-refractivity contribution is -0.143. The van der Waals surface area contributed by atoms with Gasteiger partial charge < -0.3 is 10.4 Å². The van der Waals surface area contributed by atoms with Gasteiger partial charge in [0.2, 0.25) is 5.91 Å². The van der Waals surface area contributed by atoms with Crippen LogP contribution in [0.3, 0.4) is 0 Å². The number of carbonyl (C=O) groups excluding carboxylic acids is 1. The molecule has 0 radical (unpaired) electrons. The quantitative estimate of drug-likeness (QED) is 0.839. The Bertz CT molecular complexity index is 454. The molecule has 2 N–H and O–H groups in total. The van der Waals surface area contributed by atoms with Crippen molar-refractivity contribution in [2.45, 2.75) is 33.7 Å². The summed E-state index contributed by atoms with van der Waals surface area (Å²) in [5.74, 6) is -1.83. The van der Waals surface area contributed by atoms with Gasteiger partial charge in [-0.2, -0.15) is 0 Å². The van der Waals surface area contributed by atoms with Crippen molar-refractivity contribution in [3.63, 3.8) is 0 Å². The van der Waals surface area contributed by atoms with Gasteiger partial charge in [-0.3, -0.25) is 9.59 Å². The molecule has 1 aromatic rings. The first-order chi connectivity index (χ1) is 8.40. The molecule has 1 rings (SSSR count). The van der Waals surface area contributed by atoms with Crippen molar-refractivity contribution in [3.05, 3.63) is 34.9 Å². The zero-order chi connectivity index (χ0) is 13.7. The molecule has 1 aromatic carbocycles. The average molecular weight is 249 g/mol. The van der Waals surface area contributed by atoms with Gasteiger partial charge in [0.05, 0.1) is 5.92 Å². The molecule has 4 heteroatoms. The highest BCUT2D eigenvalue weighted by atomic mass is 16.4. The monoisotopic (exact) mass is 249 g/mol. The number of carbonyl (C=O) groups is 2. The molecule has 0 aromatic heterocycles. The Morgan fingerprint density at radius 1 is 1.33 bits per heavy atom. The van der Waals surface area contributed by atoms with Crippen LogP contribution >= 0.6 is 0 Å². The average Bonchev–Trinajstić information content (AvgIpc) is 2.30. The van der Waals surface area contributed by atoms with Crippen LogP contribution in [-0.2, 0) is 16.1 Å². The molecule has 98 valence electrons. The summed E-state index contributed by atoms with van der Waals surface area (Å²) in [7, 11) is 0. The molecule has 0 bridgehead atoms. The summed E-state index contributed by atoms with van der Waals surface area (Å²) in [4.78, 5) is 22.2. The van der Waals surface area contributed by atoms with E-state index in [1.165, 1.54) is 6.92 Å². The smallest absolute Gasteiger partial charge is 0.306 e. The molecular formula is C14H19NO3. The minimum Gasteiger partial charge on any atom is -0.481 e. The Balaban J connectivity index is 2.52. The molecule has 1 amide bonds. The highest BCUT2D eigenvalue weighted by molar-refractivity contribution is 5.81. The second kappa shape index (κ2) is 6.19. The van der Waals surface area contributed by atoms with Crippen LogP contribution in [0, 0.1) is 19.8 Å². The van der Waals surface area contributed by atoms with Gasteiger partial charge in [0.1, 0.15) is 0 Å². The standard InChI is InChI=1S/C14H19NO3/c1-9-4-5-10(2)12(6-9)8-15-13(16)7-11(3)14(17)18/h4-6,11H,7-8H2,1-3H3,(H,15,16)(H,17,18). The fourth-order valence-corrected chi connectivity index (χ4v) is 1.62. The normalized spacial score (nSPS) is 11.9. The Hall–Kier alpha value is -1.84. The third kappa shape index (κ3) is 4.20. The maximum Gasteiger partial charge on any atom is 0.306 e. The van der Waals surface area contributed by atoms with Crippen molar-refractivity contribution in [3.8, 4) is 0 Å². The second-order valence-electron chi connectivity index (χ2n) is 4.65. The van der Waals surface area contributed by atoms with E-state index >= 15 is 0 Å². The van der Waals surface area contributed by atoms with Gasteiger partial charge in [0, 0.05) is 13.0 Å². The molecule has 0 heterocycles. The van der Waals surface area contributed by atoms with E-state index in [0.717, 1.165) is 16.7 Å². The summed E-state index contributed by atoms with van der Waals surface area (Å²) in [6.07, 6.45) is 0.0141. The van der Waals surface area contributed by atoms with E-state index in [0.29, 0.717) is 6.54 Å². The number of carboxylic acids is 1. The largest absolute Gasteiger partial charge is 0.481 e. The number of amides is 1. The second-order valence-corrected chi connectivity index (χ2v) is 4.65. The van der Waals surface area contributed by atoms with Crippen molar-refractivity contribution < 1.29 is 14.7 Å². The number of aliphatic carboxylic acids is 1. The van der Waals surface area contributed by atoms with Gasteiger partial charge in [-0.15, -0.1) is 0 Å². The van der Waals surface area contributed by atoms with Gasteiger partial charge in [-0.25, -0.2) is 0 Å². The minimum absolute atomic E-state index is 0.0141. The zero-order valence-electron chi connectivity index (χ0n) is 11.0. The number of rotatable bonds is 5. The van der Waals surface area contributed by atoms with Crippen molar-refractivity contribution in [1.29, 1.82) is 0 Å². The molecule has 1 atom stereocenters. The summed E-state index contributed by atoms with van der Waals surface area (Å²) in [5.41, 5.74) is 3.32. The van der Waals surface area contributed by atoms with Gasteiger partial charge in [-0.05, 0) is 25.0 Å². The first kappa shape index (κ1) is 14.2. The Labute approximate surface area is 107 Å². The number of benzene rings is 1. The van der Waals surface area contributed by atoms with Crippen LogP contribution in [0.1, 0.15) is 30.0 Å². The summed E-state index contributed by atoms with van der Waals surface area (Å²) >= 11 is 0. The summed E-state index contributed by atoms with van der Waals surface area (Å²) in [6.45, 7) is 5.95. The predicted octanol–water partition coefficient (Wildman–Crippen LogP) is 2.03. The van der Waals surface area contributed by atoms with Crippen molar-refractivity contribution in [1.82, 2.24) is 5.32 Å². The number of hydrogen-bond donors (Lipinski definition) is 2. The van der Waals surface area contributed by atoms with Crippen LogP contribution < -0.4 is 5.32 Å². The molecule has 18 heavy (non-hydrogen) atoms. The first-order valence-corrected chi connectivity index (χ1v) is 5.95. The number of aryl methyl sites for hydroxylation is 2. The Kier molecular flexibility index (Phi) is 4.89. The lowest BCUT2D eigenvalue weighted by Crippen LogP contribution is -2.27. The maximum absolute atomic E-state index is 11.6. The lowest BCUT2D eigenvalue weighted by atomic mass is 10.1. The topological polar surface area (TPSA) is 66.4 Å². The minimum atomic E-state index is -0.947. The van der Waals surface area contributed by atoms with E-state index in [9.17, 15) is 9.59 Å². The van der Waals surface area contributed by atoms with E-state index in [2.05, 4.69) is 5.32 Å². The third-order valence-electron chi connectivity index (χ3n) is 2.89. The van der Waals surface area contributed by atoms with Crippen molar-refractivity contribution in [2.24, 2.45) is 5.92 Å². The molecule has 0 fully saturated rings. The zero-order valence-corrected chi connectivity index (χ0v) is 11.0. The predicted molar refractivity (Wildman–Crippen MR) is 69.2 cm³/mol. The van der Waals surface area contributed by atoms with E-state index in [1.807, 2.05) is 32.0 Å². The van der Waals surface area contributed by atoms with Gasteiger partial charge in [-0.1, -0.05) is 30.7 Å². The summed E-state index contributed by atoms with van der Waals surface area (Å²) in [5, 5.41) is 11.5. The van der Waals surface area contributed by atoms with E-state index in [4.69, 9.17) is 5.11 Å². The number of nitrogens with one attached hydrogen (secondary N) is 1. The highest BCUT2D eigenvalue weighted by Gasteiger charge is 2.15. The van der Waals surface area contributed by atoms with Crippen LogP contribution in [0.2, 0.25) is 0 Å². The number of hydrogen-bond acceptors (Lipinski definition) is 2. The summed E-state index contributed by atoms with van der Waals surface area (Å²) < 4.78 is 0. The van der Waals surface area contributed by atoms with Gasteiger partial charge >= 0.3 is 5.97 Å². The van der Waals surface area contributed by atoms with Crippen LogP contribution in [0.4, 0.5) is 0 Å². The molecule has 0 spiro atoms. The van der Waals surface area contributed by atoms with Crippen LogP contribution in [0.25, 0.3) is 0 Å². The first-order valence-electron chi connectivity index (χ1n) is 5.95. The van der Waals surface area contributed by atoms with Crippen LogP contribution in [0.15, 0.2) is 18.2 Å². The molecule has 0 aliphatic rings. The molecule has 0 aliphatic carbocycles. The van der Waals surface area contributed by atoms with Crippen molar-refractivity contribution >= 4 is 11.9 Å². The van der Waals surface area contributed by atoms with Gasteiger partial charge in [0.15, 0.2) is 0 Å². The molecule has 0 saturated carbocycles. The summed E-state index contributed by atoms with van der Waals surface area (Å²) in [6, 6.07) is 6.06.